The minimum Gasteiger partial charge on any atom is -0.491 e. The molecule has 2 aromatic rings. The molecule has 0 aliphatic heterocycles. The van der Waals surface area contributed by atoms with Gasteiger partial charge in [-0.1, -0.05) is 19.4 Å². The Kier molecular flexibility index (Phi) is 7.28. The Bertz CT molecular complexity index is 825. The van der Waals surface area contributed by atoms with Crippen LogP contribution in [-0.2, 0) is 4.74 Å². The van der Waals surface area contributed by atoms with Gasteiger partial charge in [0.15, 0.2) is 0 Å². The molecule has 0 radical (unpaired) electrons. The van der Waals surface area contributed by atoms with Gasteiger partial charge in [-0.3, -0.25) is 4.79 Å². The maximum Gasteiger partial charge on any atom is 0.338 e. The van der Waals surface area contributed by atoms with Crippen molar-refractivity contribution in [1.29, 1.82) is 0 Å². The number of benzene rings is 2. The third-order valence-corrected chi connectivity index (χ3v) is 5.21. The molecule has 2 aromatic carbocycles. The van der Waals surface area contributed by atoms with Gasteiger partial charge in [-0.15, -0.1) is 0 Å². The van der Waals surface area contributed by atoms with E-state index < -0.39 is 0 Å². The highest BCUT2D eigenvalue weighted by molar-refractivity contribution is 6.04. The fraction of sp³-hybridized carbons (Fsp3) is 0.417. The lowest BCUT2D eigenvalue weighted by Crippen LogP contribution is -2.21. The van der Waals surface area contributed by atoms with Crippen LogP contribution in [0.3, 0.4) is 0 Å². The molecule has 1 atom stereocenters. The topological polar surface area (TPSA) is 64.6 Å². The summed E-state index contributed by atoms with van der Waals surface area (Å²) in [6.45, 7) is 4.05. The van der Waals surface area contributed by atoms with Crippen LogP contribution in [0.15, 0.2) is 48.5 Å². The Morgan fingerprint density at radius 3 is 2.45 bits per heavy atom. The van der Waals surface area contributed by atoms with Crippen LogP contribution in [0.1, 0.15) is 73.1 Å². The van der Waals surface area contributed by atoms with Gasteiger partial charge in [0.05, 0.1) is 11.7 Å². The Balaban J connectivity index is 1.58. The molecule has 0 bridgehead atoms. The van der Waals surface area contributed by atoms with Crippen molar-refractivity contribution < 1.29 is 19.1 Å². The van der Waals surface area contributed by atoms with Crippen molar-refractivity contribution in [2.75, 3.05) is 5.32 Å². The molecule has 154 valence electrons. The number of amides is 1. The summed E-state index contributed by atoms with van der Waals surface area (Å²) < 4.78 is 11.4. The van der Waals surface area contributed by atoms with Crippen LogP contribution < -0.4 is 10.1 Å². The predicted molar refractivity (Wildman–Crippen MR) is 114 cm³/mol. The van der Waals surface area contributed by atoms with E-state index in [-0.39, 0.29) is 24.1 Å². The highest BCUT2D eigenvalue weighted by Crippen LogP contribution is 2.22. The monoisotopic (exact) mass is 395 g/mol. The SMILES string of the molecule is CC[C@H](C)Oc1cccc(C(=O)Nc2ccc(C(=O)OC3CCCCC3)cc2)c1. The van der Waals surface area contributed by atoms with Crippen LogP contribution in [-0.4, -0.2) is 24.1 Å². The summed E-state index contributed by atoms with van der Waals surface area (Å²) in [4.78, 5) is 24.8. The van der Waals surface area contributed by atoms with Crippen molar-refractivity contribution in [3.05, 3.63) is 59.7 Å². The molecule has 0 heterocycles. The Hall–Kier alpha value is -2.82. The van der Waals surface area contributed by atoms with E-state index in [2.05, 4.69) is 12.2 Å². The highest BCUT2D eigenvalue weighted by Gasteiger charge is 2.18. The van der Waals surface area contributed by atoms with E-state index in [1.54, 1.807) is 42.5 Å². The zero-order valence-electron chi connectivity index (χ0n) is 17.1. The van der Waals surface area contributed by atoms with E-state index >= 15 is 0 Å². The van der Waals surface area contributed by atoms with Gasteiger partial charge in [-0.2, -0.15) is 0 Å². The van der Waals surface area contributed by atoms with Crippen LogP contribution in [0, 0.1) is 0 Å². The van der Waals surface area contributed by atoms with E-state index in [1.807, 2.05) is 13.0 Å². The second-order valence-electron chi connectivity index (χ2n) is 7.56. The normalized spacial score (nSPS) is 15.4. The molecule has 5 heteroatoms. The Morgan fingerprint density at radius 2 is 1.76 bits per heavy atom. The van der Waals surface area contributed by atoms with E-state index in [9.17, 15) is 9.59 Å². The van der Waals surface area contributed by atoms with Crippen LogP contribution in [0.2, 0.25) is 0 Å². The molecule has 1 aliphatic rings. The zero-order chi connectivity index (χ0) is 20.6. The molecular formula is C24H29NO4. The minimum atomic E-state index is -0.301. The molecule has 29 heavy (non-hydrogen) atoms. The lowest BCUT2D eigenvalue weighted by atomic mass is 9.98. The molecule has 0 aromatic heterocycles. The molecule has 0 saturated heterocycles. The molecule has 1 aliphatic carbocycles. The van der Waals surface area contributed by atoms with Gasteiger partial charge < -0.3 is 14.8 Å². The summed E-state index contributed by atoms with van der Waals surface area (Å²) in [6, 6.07) is 13.9. The van der Waals surface area contributed by atoms with Gasteiger partial charge in [0.25, 0.3) is 5.91 Å². The van der Waals surface area contributed by atoms with Crippen molar-refractivity contribution in [3.8, 4) is 5.75 Å². The van der Waals surface area contributed by atoms with Crippen LogP contribution in [0.4, 0.5) is 5.69 Å². The number of hydrogen-bond acceptors (Lipinski definition) is 4. The molecule has 3 rings (SSSR count). The van der Waals surface area contributed by atoms with E-state index in [0.717, 1.165) is 32.1 Å². The number of anilines is 1. The summed E-state index contributed by atoms with van der Waals surface area (Å²) in [5.41, 5.74) is 1.64. The van der Waals surface area contributed by atoms with Gasteiger partial charge in [-0.25, -0.2) is 4.79 Å². The number of nitrogens with one attached hydrogen (secondary N) is 1. The summed E-state index contributed by atoms with van der Waals surface area (Å²) in [5.74, 6) is 0.148. The summed E-state index contributed by atoms with van der Waals surface area (Å²) in [6.07, 6.45) is 6.36. The number of ether oxygens (including phenoxy) is 2. The molecule has 1 N–H and O–H groups in total. The fourth-order valence-electron chi connectivity index (χ4n) is 3.32. The Morgan fingerprint density at radius 1 is 1.03 bits per heavy atom. The lowest BCUT2D eigenvalue weighted by molar-refractivity contribution is 0.0211. The molecular weight excluding hydrogens is 366 g/mol. The van der Waals surface area contributed by atoms with Crippen molar-refractivity contribution in [1.82, 2.24) is 0 Å². The second kappa shape index (κ2) is 10.1. The first-order valence-corrected chi connectivity index (χ1v) is 10.4. The molecule has 1 saturated carbocycles. The van der Waals surface area contributed by atoms with E-state index in [0.29, 0.717) is 22.6 Å². The molecule has 5 nitrogen and oxygen atoms in total. The number of hydrogen-bond donors (Lipinski definition) is 1. The van der Waals surface area contributed by atoms with E-state index in [1.165, 1.54) is 6.42 Å². The molecule has 0 spiro atoms. The smallest absolute Gasteiger partial charge is 0.338 e. The van der Waals surface area contributed by atoms with Crippen LogP contribution in [0.5, 0.6) is 5.75 Å². The minimum absolute atomic E-state index is 0.0283. The second-order valence-corrected chi connectivity index (χ2v) is 7.56. The highest BCUT2D eigenvalue weighted by atomic mass is 16.5. The summed E-state index contributed by atoms with van der Waals surface area (Å²) in [5, 5.41) is 2.85. The first-order valence-electron chi connectivity index (χ1n) is 10.4. The molecule has 0 unspecified atom stereocenters. The first-order chi connectivity index (χ1) is 14.0. The average molecular weight is 395 g/mol. The first kappa shape index (κ1) is 20.9. The number of esters is 1. The maximum absolute atomic E-state index is 12.5. The zero-order valence-corrected chi connectivity index (χ0v) is 17.1. The lowest BCUT2D eigenvalue weighted by Gasteiger charge is -2.21. The summed E-state index contributed by atoms with van der Waals surface area (Å²) >= 11 is 0. The largest absolute Gasteiger partial charge is 0.491 e. The standard InChI is InChI=1S/C24H29NO4/c1-3-17(2)28-22-11-7-8-19(16-22)23(26)25-20-14-12-18(13-15-20)24(27)29-21-9-5-4-6-10-21/h7-8,11-17,21H,3-6,9-10H2,1-2H3,(H,25,26)/t17-/m0/s1. The van der Waals surface area contributed by atoms with Gasteiger partial charge >= 0.3 is 5.97 Å². The van der Waals surface area contributed by atoms with Crippen molar-refractivity contribution >= 4 is 17.6 Å². The Labute approximate surface area is 172 Å². The number of carbonyl (C=O) groups excluding carboxylic acids is 2. The van der Waals surface area contributed by atoms with Gasteiger partial charge in [0.1, 0.15) is 11.9 Å². The van der Waals surface area contributed by atoms with Gasteiger partial charge in [0.2, 0.25) is 0 Å². The van der Waals surface area contributed by atoms with Crippen molar-refractivity contribution in [2.45, 2.75) is 64.6 Å². The molecule has 1 fully saturated rings. The fourth-order valence-corrected chi connectivity index (χ4v) is 3.32. The number of carbonyl (C=O) groups is 2. The van der Waals surface area contributed by atoms with Gasteiger partial charge in [-0.05, 0) is 81.5 Å². The predicted octanol–water partition coefficient (Wildman–Crippen LogP) is 5.61. The third-order valence-electron chi connectivity index (χ3n) is 5.21. The van der Waals surface area contributed by atoms with Crippen molar-refractivity contribution in [3.63, 3.8) is 0 Å². The van der Waals surface area contributed by atoms with Crippen LogP contribution in [0.25, 0.3) is 0 Å². The molecule has 1 amide bonds. The van der Waals surface area contributed by atoms with Crippen LogP contribution >= 0.6 is 0 Å². The summed E-state index contributed by atoms with van der Waals surface area (Å²) in [7, 11) is 0. The number of rotatable bonds is 7. The average Bonchev–Trinajstić information content (AvgIpc) is 2.75. The van der Waals surface area contributed by atoms with E-state index in [4.69, 9.17) is 9.47 Å². The third kappa shape index (κ3) is 6.08. The van der Waals surface area contributed by atoms with Gasteiger partial charge in [0, 0.05) is 11.3 Å². The quantitative estimate of drug-likeness (QED) is 0.619. The van der Waals surface area contributed by atoms with Crippen molar-refractivity contribution in [2.24, 2.45) is 0 Å². The maximum atomic E-state index is 12.5.